The maximum absolute atomic E-state index is 10.5. The van der Waals surface area contributed by atoms with E-state index in [-0.39, 0.29) is 12.6 Å². The molecule has 0 saturated heterocycles. The molecule has 1 atom stereocenters. The number of benzene rings is 1. The minimum Gasteiger partial charge on any atom is -0.496 e. The predicted octanol–water partition coefficient (Wildman–Crippen LogP) is 1.82. The molecule has 0 saturated carbocycles. The van der Waals surface area contributed by atoms with Crippen LogP contribution >= 0.6 is 0 Å². The standard InChI is InChI=1S/C12H17NO3/c1-3-10(13-8-12(14)15)9-6-4-5-7-11(9)16-2/h4-7,10,13H,3,8H2,1-2H3,(H,14,15). The van der Waals surface area contributed by atoms with E-state index in [1.165, 1.54) is 0 Å². The Morgan fingerprint density at radius 1 is 1.50 bits per heavy atom. The Kier molecular flexibility index (Phi) is 4.79. The van der Waals surface area contributed by atoms with Crippen LogP contribution in [0.3, 0.4) is 0 Å². The van der Waals surface area contributed by atoms with Gasteiger partial charge in [-0.05, 0) is 12.5 Å². The Hall–Kier alpha value is -1.55. The number of aliphatic carboxylic acids is 1. The van der Waals surface area contributed by atoms with Gasteiger partial charge in [0.15, 0.2) is 0 Å². The molecule has 0 amide bonds. The molecular formula is C12H17NO3. The third kappa shape index (κ3) is 3.24. The molecule has 0 heterocycles. The van der Waals surface area contributed by atoms with Gasteiger partial charge in [-0.1, -0.05) is 25.1 Å². The highest BCUT2D eigenvalue weighted by Gasteiger charge is 2.14. The second-order valence-corrected chi connectivity index (χ2v) is 3.48. The summed E-state index contributed by atoms with van der Waals surface area (Å²) in [6.07, 6.45) is 0.813. The van der Waals surface area contributed by atoms with E-state index in [9.17, 15) is 4.79 Å². The molecule has 0 aliphatic carbocycles. The van der Waals surface area contributed by atoms with E-state index in [1.807, 2.05) is 31.2 Å². The van der Waals surface area contributed by atoms with Gasteiger partial charge < -0.3 is 9.84 Å². The van der Waals surface area contributed by atoms with Crippen molar-refractivity contribution in [3.05, 3.63) is 29.8 Å². The maximum Gasteiger partial charge on any atom is 0.317 e. The predicted molar refractivity (Wildman–Crippen MR) is 61.7 cm³/mol. The summed E-state index contributed by atoms with van der Waals surface area (Å²) in [5.74, 6) is -0.0689. The third-order valence-electron chi connectivity index (χ3n) is 2.42. The van der Waals surface area contributed by atoms with Gasteiger partial charge in [0, 0.05) is 11.6 Å². The molecule has 2 N–H and O–H groups in total. The van der Waals surface area contributed by atoms with E-state index in [4.69, 9.17) is 9.84 Å². The van der Waals surface area contributed by atoms with Gasteiger partial charge in [-0.15, -0.1) is 0 Å². The first kappa shape index (κ1) is 12.5. The summed E-state index contributed by atoms with van der Waals surface area (Å²) in [4.78, 5) is 10.5. The lowest BCUT2D eigenvalue weighted by atomic mass is 10.0. The number of carbonyl (C=O) groups is 1. The number of rotatable bonds is 6. The fourth-order valence-corrected chi connectivity index (χ4v) is 1.64. The van der Waals surface area contributed by atoms with Gasteiger partial charge in [-0.3, -0.25) is 10.1 Å². The molecule has 1 unspecified atom stereocenters. The van der Waals surface area contributed by atoms with Crippen LogP contribution in [0.1, 0.15) is 24.9 Å². The lowest BCUT2D eigenvalue weighted by Crippen LogP contribution is -2.27. The quantitative estimate of drug-likeness (QED) is 0.772. The number of para-hydroxylation sites is 1. The van der Waals surface area contributed by atoms with E-state index < -0.39 is 5.97 Å². The Morgan fingerprint density at radius 3 is 2.75 bits per heavy atom. The smallest absolute Gasteiger partial charge is 0.317 e. The van der Waals surface area contributed by atoms with Crippen molar-refractivity contribution in [1.29, 1.82) is 0 Å². The molecule has 0 spiro atoms. The normalized spacial score (nSPS) is 12.1. The summed E-state index contributed by atoms with van der Waals surface area (Å²) < 4.78 is 5.25. The summed E-state index contributed by atoms with van der Waals surface area (Å²) in [6, 6.07) is 7.64. The van der Waals surface area contributed by atoms with Crippen LogP contribution in [0.2, 0.25) is 0 Å². The number of nitrogens with one attached hydrogen (secondary N) is 1. The summed E-state index contributed by atoms with van der Waals surface area (Å²) in [5.41, 5.74) is 0.994. The zero-order valence-electron chi connectivity index (χ0n) is 9.56. The zero-order chi connectivity index (χ0) is 12.0. The molecule has 0 fully saturated rings. The number of carboxylic acids is 1. The van der Waals surface area contributed by atoms with Gasteiger partial charge in [0.25, 0.3) is 0 Å². The van der Waals surface area contributed by atoms with Crippen molar-refractivity contribution in [3.63, 3.8) is 0 Å². The van der Waals surface area contributed by atoms with E-state index in [2.05, 4.69) is 5.32 Å². The lowest BCUT2D eigenvalue weighted by molar-refractivity contribution is -0.136. The van der Waals surface area contributed by atoms with E-state index in [1.54, 1.807) is 7.11 Å². The molecule has 0 radical (unpaired) electrons. The summed E-state index contributed by atoms with van der Waals surface area (Å²) in [7, 11) is 1.61. The monoisotopic (exact) mass is 223 g/mol. The molecule has 1 aromatic carbocycles. The van der Waals surface area contributed by atoms with E-state index in [0.29, 0.717) is 0 Å². The van der Waals surface area contributed by atoms with Crippen molar-refractivity contribution >= 4 is 5.97 Å². The molecule has 16 heavy (non-hydrogen) atoms. The SMILES string of the molecule is CCC(NCC(=O)O)c1ccccc1OC. The topological polar surface area (TPSA) is 58.6 Å². The number of carboxylic acid groups (broad SMARTS) is 1. The first-order valence-electron chi connectivity index (χ1n) is 5.27. The van der Waals surface area contributed by atoms with Gasteiger partial charge >= 0.3 is 5.97 Å². The molecule has 0 aliphatic heterocycles. The van der Waals surface area contributed by atoms with Crippen LogP contribution < -0.4 is 10.1 Å². The number of ether oxygens (including phenoxy) is 1. The van der Waals surface area contributed by atoms with E-state index in [0.717, 1.165) is 17.7 Å². The zero-order valence-corrected chi connectivity index (χ0v) is 9.56. The van der Waals surface area contributed by atoms with Crippen molar-refractivity contribution in [2.24, 2.45) is 0 Å². The van der Waals surface area contributed by atoms with E-state index >= 15 is 0 Å². The highest BCUT2D eigenvalue weighted by atomic mass is 16.5. The third-order valence-corrected chi connectivity index (χ3v) is 2.42. The fourth-order valence-electron chi connectivity index (χ4n) is 1.64. The molecule has 4 heteroatoms. The van der Waals surface area contributed by atoms with Crippen molar-refractivity contribution < 1.29 is 14.6 Å². The average Bonchev–Trinajstić information content (AvgIpc) is 2.30. The van der Waals surface area contributed by atoms with Crippen LogP contribution in [-0.2, 0) is 4.79 Å². The Balaban J connectivity index is 2.81. The Labute approximate surface area is 95.2 Å². The van der Waals surface area contributed by atoms with Gasteiger partial charge in [-0.25, -0.2) is 0 Å². The van der Waals surface area contributed by atoms with Gasteiger partial charge in [-0.2, -0.15) is 0 Å². The molecular weight excluding hydrogens is 206 g/mol. The largest absolute Gasteiger partial charge is 0.496 e. The minimum atomic E-state index is -0.853. The van der Waals surface area contributed by atoms with Crippen LogP contribution in [0, 0.1) is 0 Å². The highest BCUT2D eigenvalue weighted by Crippen LogP contribution is 2.26. The summed E-state index contributed by atoms with van der Waals surface area (Å²) >= 11 is 0. The van der Waals surface area contributed by atoms with Gasteiger partial charge in [0.1, 0.15) is 5.75 Å². The molecule has 0 aliphatic rings. The lowest BCUT2D eigenvalue weighted by Gasteiger charge is -2.18. The van der Waals surface area contributed by atoms with Crippen LogP contribution in [0.5, 0.6) is 5.75 Å². The number of hydrogen-bond acceptors (Lipinski definition) is 3. The molecule has 0 bridgehead atoms. The first-order chi connectivity index (χ1) is 7.69. The first-order valence-corrected chi connectivity index (χ1v) is 5.27. The van der Waals surface area contributed by atoms with Crippen molar-refractivity contribution in [2.75, 3.05) is 13.7 Å². The Morgan fingerprint density at radius 2 is 2.19 bits per heavy atom. The van der Waals surface area contributed by atoms with Crippen molar-refractivity contribution in [1.82, 2.24) is 5.32 Å². The molecule has 1 rings (SSSR count). The maximum atomic E-state index is 10.5. The van der Waals surface area contributed by atoms with Gasteiger partial charge in [0.05, 0.1) is 13.7 Å². The fraction of sp³-hybridized carbons (Fsp3) is 0.417. The van der Waals surface area contributed by atoms with Crippen molar-refractivity contribution in [2.45, 2.75) is 19.4 Å². The number of methoxy groups -OCH3 is 1. The molecule has 88 valence electrons. The molecule has 4 nitrogen and oxygen atoms in total. The Bertz CT molecular complexity index is 352. The van der Waals surface area contributed by atoms with Crippen LogP contribution in [-0.4, -0.2) is 24.7 Å². The number of hydrogen-bond donors (Lipinski definition) is 2. The van der Waals surface area contributed by atoms with Crippen molar-refractivity contribution in [3.8, 4) is 5.75 Å². The highest BCUT2D eigenvalue weighted by molar-refractivity contribution is 5.69. The average molecular weight is 223 g/mol. The minimum absolute atomic E-state index is 0.00671. The van der Waals surface area contributed by atoms with Crippen LogP contribution in [0.4, 0.5) is 0 Å². The second-order valence-electron chi connectivity index (χ2n) is 3.48. The molecule has 1 aromatic rings. The summed E-state index contributed by atoms with van der Waals surface area (Å²) in [5, 5.41) is 11.6. The second kappa shape index (κ2) is 6.12. The summed E-state index contributed by atoms with van der Waals surface area (Å²) in [6.45, 7) is 1.96. The van der Waals surface area contributed by atoms with Crippen LogP contribution in [0.15, 0.2) is 24.3 Å². The van der Waals surface area contributed by atoms with Crippen LogP contribution in [0.25, 0.3) is 0 Å². The van der Waals surface area contributed by atoms with Gasteiger partial charge in [0.2, 0.25) is 0 Å². The molecule has 0 aromatic heterocycles.